The lowest BCUT2D eigenvalue weighted by molar-refractivity contribution is -0.121. The number of hydrogen-bond donors (Lipinski definition) is 0. The summed E-state index contributed by atoms with van der Waals surface area (Å²) >= 11 is 0. The summed E-state index contributed by atoms with van der Waals surface area (Å²) in [6.07, 6.45) is 0. The zero-order valence-corrected chi connectivity index (χ0v) is 15.1. The van der Waals surface area contributed by atoms with E-state index in [0.717, 1.165) is 11.3 Å². The van der Waals surface area contributed by atoms with Gasteiger partial charge in [0.15, 0.2) is 0 Å². The van der Waals surface area contributed by atoms with Gasteiger partial charge in [0.25, 0.3) is 5.91 Å². The average Bonchev–Trinajstić information content (AvgIpc) is 2.63. The molecule has 5 nitrogen and oxygen atoms in total. The molecule has 1 aliphatic rings. The molecule has 1 fully saturated rings. The number of piperazine rings is 1. The van der Waals surface area contributed by atoms with Gasteiger partial charge >= 0.3 is 6.61 Å². The summed E-state index contributed by atoms with van der Waals surface area (Å²) in [7, 11) is 0. The molecule has 0 aliphatic carbocycles. The van der Waals surface area contributed by atoms with Crippen molar-refractivity contribution in [3.05, 3.63) is 59.7 Å². The van der Waals surface area contributed by atoms with Crippen molar-refractivity contribution in [2.75, 3.05) is 18.0 Å². The van der Waals surface area contributed by atoms with Crippen molar-refractivity contribution < 1.29 is 23.1 Å². The maximum atomic E-state index is 12.9. The molecule has 0 N–H and O–H groups in total. The molecule has 2 aromatic rings. The topological polar surface area (TPSA) is 49.9 Å². The van der Waals surface area contributed by atoms with E-state index in [9.17, 15) is 18.4 Å². The van der Waals surface area contributed by atoms with Gasteiger partial charge in [-0.1, -0.05) is 29.8 Å². The van der Waals surface area contributed by atoms with E-state index >= 15 is 0 Å². The van der Waals surface area contributed by atoms with Gasteiger partial charge in [0.05, 0.1) is 5.56 Å². The summed E-state index contributed by atoms with van der Waals surface area (Å²) in [5.74, 6) is -0.925. The molecular formula is C20H20F2N2O3. The van der Waals surface area contributed by atoms with Crippen LogP contribution in [0.4, 0.5) is 14.5 Å². The second-order valence-corrected chi connectivity index (χ2v) is 6.50. The van der Waals surface area contributed by atoms with Crippen LogP contribution in [0.1, 0.15) is 22.8 Å². The molecule has 0 bridgehead atoms. The number of rotatable bonds is 4. The van der Waals surface area contributed by atoms with Gasteiger partial charge in [-0.25, -0.2) is 0 Å². The highest BCUT2D eigenvalue weighted by Gasteiger charge is 2.34. The Labute approximate surface area is 156 Å². The second kappa shape index (κ2) is 7.73. The highest BCUT2D eigenvalue weighted by molar-refractivity contribution is 6.03. The van der Waals surface area contributed by atoms with E-state index < -0.39 is 12.5 Å². The highest BCUT2D eigenvalue weighted by Crippen LogP contribution is 2.26. The van der Waals surface area contributed by atoms with Crippen LogP contribution < -0.4 is 9.64 Å². The smallest absolute Gasteiger partial charge is 0.387 e. The Morgan fingerprint density at radius 2 is 1.81 bits per heavy atom. The summed E-state index contributed by atoms with van der Waals surface area (Å²) in [5.41, 5.74) is 1.87. The minimum atomic E-state index is -3.03. The number of halogens is 2. The van der Waals surface area contributed by atoms with E-state index in [1.54, 1.807) is 11.0 Å². The van der Waals surface area contributed by atoms with Crippen molar-refractivity contribution in [1.29, 1.82) is 0 Å². The van der Waals surface area contributed by atoms with Gasteiger partial charge < -0.3 is 14.5 Å². The first-order valence-electron chi connectivity index (χ1n) is 8.58. The van der Waals surface area contributed by atoms with Crippen molar-refractivity contribution in [3.8, 4) is 5.75 Å². The first-order valence-corrected chi connectivity index (χ1v) is 8.58. The van der Waals surface area contributed by atoms with Crippen LogP contribution >= 0.6 is 0 Å². The third-order valence-electron chi connectivity index (χ3n) is 4.53. The van der Waals surface area contributed by atoms with Crippen LogP contribution in [0.3, 0.4) is 0 Å². The van der Waals surface area contributed by atoms with E-state index in [2.05, 4.69) is 4.74 Å². The Balaban J connectivity index is 1.80. The predicted octanol–water partition coefficient (Wildman–Crippen LogP) is 3.47. The summed E-state index contributed by atoms with van der Waals surface area (Å²) in [5, 5.41) is 0. The first-order chi connectivity index (χ1) is 12.9. The largest absolute Gasteiger partial charge is 0.434 e. The van der Waals surface area contributed by atoms with E-state index in [1.165, 1.54) is 23.1 Å². The van der Waals surface area contributed by atoms with Crippen LogP contribution in [-0.2, 0) is 4.79 Å². The molecule has 142 valence electrons. The number of amides is 2. The fraction of sp³-hybridized carbons (Fsp3) is 0.300. The maximum absolute atomic E-state index is 12.9. The molecule has 1 aliphatic heterocycles. The molecule has 0 saturated carbocycles. The van der Waals surface area contributed by atoms with Crippen molar-refractivity contribution in [1.82, 2.24) is 4.90 Å². The number of nitrogens with zero attached hydrogens (tertiary/aromatic N) is 2. The minimum Gasteiger partial charge on any atom is -0.434 e. The Morgan fingerprint density at radius 3 is 2.48 bits per heavy atom. The van der Waals surface area contributed by atoms with Crippen molar-refractivity contribution in [3.63, 3.8) is 0 Å². The van der Waals surface area contributed by atoms with E-state index in [4.69, 9.17) is 0 Å². The quantitative estimate of drug-likeness (QED) is 0.823. The Hall–Kier alpha value is -2.96. The van der Waals surface area contributed by atoms with Gasteiger partial charge in [-0.05, 0) is 38.1 Å². The lowest BCUT2D eigenvalue weighted by atomic mass is 10.1. The van der Waals surface area contributed by atoms with Crippen LogP contribution in [0.5, 0.6) is 5.75 Å². The number of carbonyl (C=O) groups is 2. The Morgan fingerprint density at radius 1 is 1.15 bits per heavy atom. The summed E-state index contributed by atoms with van der Waals surface area (Å²) in [4.78, 5) is 28.5. The Kier molecular flexibility index (Phi) is 5.39. The fourth-order valence-corrected chi connectivity index (χ4v) is 3.09. The lowest BCUT2D eigenvalue weighted by Gasteiger charge is -2.39. The van der Waals surface area contributed by atoms with Gasteiger partial charge in [0, 0.05) is 18.3 Å². The number of aryl methyl sites for hydroxylation is 1. The molecular weight excluding hydrogens is 354 g/mol. The number of carbonyl (C=O) groups excluding carboxylic acids is 2. The number of para-hydroxylation sites is 1. The van der Waals surface area contributed by atoms with Crippen LogP contribution in [0.15, 0.2) is 48.5 Å². The number of ether oxygens (including phenoxy) is 1. The zero-order valence-electron chi connectivity index (χ0n) is 15.1. The molecule has 0 aromatic heterocycles. The van der Waals surface area contributed by atoms with Crippen LogP contribution in [0.25, 0.3) is 0 Å². The van der Waals surface area contributed by atoms with Crippen molar-refractivity contribution in [2.24, 2.45) is 0 Å². The van der Waals surface area contributed by atoms with Gasteiger partial charge in [0.2, 0.25) is 5.91 Å². The van der Waals surface area contributed by atoms with Crippen LogP contribution in [-0.4, -0.2) is 42.5 Å². The average molecular weight is 374 g/mol. The summed E-state index contributed by atoms with van der Waals surface area (Å²) in [6.45, 7) is 0.949. The van der Waals surface area contributed by atoms with Gasteiger partial charge in [-0.2, -0.15) is 8.78 Å². The van der Waals surface area contributed by atoms with Gasteiger partial charge in [-0.3, -0.25) is 9.59 Å². The van der Waals surface area contributed by atoms with E-state index in [0.29, 0.717) is 6.54 Å². The third-order valence-corrected chi connectivity index (χ3v) is 4.53. The van der Waals surface area contributed by atoms with E-state index in [-0.39, 0.29) is 29.8 Å². The molecule has 2 aromatic carbocycles. The second-order valence-electron chi connectivity index (χ2n) is 6.50. The van der Waals surface area contributed by atoms with E-state index in [1.807, 2.05) is 38.1 Å². The van der Waals surface area contributed by atoms with Gasteiger partial charge in [-0.15, -0.1) is 0 Å². The number of anilines is 1. The van der Waals surface area contributed by atoms with Crippen molar-refractivity contribution >= 4 is 17.5 Å². The maximum Gasteiger partial charge on any atom is 0.387 e. The SMILES string of the molecule is Cc1ccc(N2C[C@H](C)N(C(=O)c3ccccc3OC(F)F)CC2=O)cc1. The summed E-state index contributed by atoms with van der Waals surface area (Å²) < 4.78 is 29.7. The van der Waals surface area contributed by atoms with Crippen molar-refractivity contribution in [2.45, 2.75) is 26.5 Å². The Bertz CT molecular complexity index is 839. The first kappa shape index (κ1) is 18.8. The van der Waals surface area contributed by atoms with Crippen LogP contribution in [0.2, 0.25) is 0 Å². The fourth-order valence-electron chi connectivity index (χ4n) is 3.09. The normalized spacial score (nSPS) is 17.4. The number of alkyl halides is 2. The molecule has 0 spiro atoms. The molecule has 1 saturated heterocycles. The monoisotopic (exact) mass is 374 g/mol. The molecule has 7 heteroatoms. The third kappa shape index (κ3) is 4.07. The molecule has 0 unspecified atom stereocenters. The predicted molar refractivity (Wildman–Crippen MR) is 97.1 cm³/mol. The zero-order chi connectivity index (χ0) is 19.6. The minimum absolute atomic E-state index is 0.0150. The molecule has 1 atom stereocenters. The number of hydrogen-bond acceptors (Lipinski definition) is 3. The standard InChI is InChI=1S/C20H20F2N2O3/c1-13-7-9-15(10-8-13)24-11-14(2)23(12-18(24)25)19(26)16-5-3-4-6-17(16)27-20(21)22/h3-10,14,20H,11-12H2,1-2H3/t14-/m0/s1. The number of benzene rings is 2. The molecule has 1 heterocycles. The van der Waals surface area contributed by atoms with Gasteiger partial charge in [0.1, 0.15) is 12.3 Å². The molecule has 2 amide bonds. The lowest BCUT2D eigenvalue weighted by Crippen LogP contribution is -2.57. The summed E-state index contributed by atoms with van der Waals surface area (Å²) in [6, 6.07) is 13.1. The molecule has 0 radical (unpaired) electrons. The highest BCUT2D eigenvalue weighted by atomic mass is 19.3. The molecule has 3 rings (SSSR count). The van der Waals surface area contributed by atoms with Crippen LogP contribution in [0, 0.1) is 6.92 Å². The molecule has 27 heavy (non-hydrogen) atoms.